The van der Waals surface area contributed by atoms with E-state index in [1.807, 2.05) is 63.2 Å². The molecular weight excluding hydrogens is 406 g/mol. The maximum Gasteiger partial charge on any atom is 0.331 e. The van der Waals surface area contributed by atoms with Crippen molar-refractivity contribution in [1.29, 1.82) is 0 Å². The van der Waals surface area contributed by atoms with Crippen LogP contribution in [0.1, 0.15) is 22.3 Å². The molecule has 2 N–H and O–H groups in total. The van der Waals surface area contributed by atoms with Crippen LogP contribution in [0.4, 0.5) is 10.5 Å². The molecule has 0 spiro atoms. The first-order valence-corrected chi connectivity index (χ1v) is 10.5. The lowest BCUT2D eigenvalue weighted by atomic mass is 10.0. The molecule has 1 unspecified atom stereocenters. The molecule has 1 atom stereocenters. The summed E-state index contributed by atoms with van der Waals surface area (Å²) in [6.45, 7) is 5.84. The van der Waals surface area contributed by atoms with E-state index in [9.17, 15) is 14.4 Å². The molecule has 4 rings (SSSR count). The first-order chi connectivity index (χ1) is 15.2. The van der Waals surface area contributed by atoms with Crippen LogP contribution in [0, 0.1) is 20.8 Å². The van der Waals surface area contributed by atoms with Crippen molar-refractivity contribution < 1.29 is 14.4 Å². The Morgan fingerprint density at radius 3 is 2.34 bits per heavy atom. The zero-order valence-electron chi connectivity index (χ0n) is 18.7. The Morgan fingerprint density at radius 1 is 1.03 bits per heavy atom. The summed E-state index contributed by atoms with van der Waals surface area (Å²) in [5.74, 6) is -0.659. The average molecular weight is 434 g/mol. The van der Waals surface area contributed by atoms with Crippen LogP contribution in [0.2, 0.25) is 0 Å². The van der Waals surface area contributed by atoms with Gasteiger partial charge in [-0.15, -0.1) is 0 Å². The minimum atomic E-state index is -0.711. The summed E-state index contributed by atoms with van der Waals surface area (Å²) in [5.41, 5.74) is 8.13. The van der Waals surface area contributed by atoms with Crippen LogP contribution >= 0.6 is 0 Å². The van der Waals surface area contributed by atoms with Gasteiger partial charge in [0.05, 0.1) is 12.2 Å². The number of hydrazine groups is 1. The molecule has 0 bridgehead atoms. The molecule has 1 saturated heterocycles. The molecule has 0 aromatic heterocycles. The molecule has 4 amide bonds. The number of benzene rings is 2. The zero-order chi connectivity index (χ0) is 23.0. The molecule has 166 valence electrons. The lowest BCUT2D eigenvalue weighted by molar-refractivity contribution is -0.133. The molecule has 2 aliphatic rings. The maximum absolute atomic E-state index is 13.3. The van der Waals surface area contributed by atoms with E-state index in [-0.39, 0.29) is 24.9 Å². The van der Waals surface area contributed by atoms with Gasteiger partial charge in [-0.3, -0.25) is 19.4 Å². The van der Waals surface area contributed by atoms with Crippen LogP contribution in [0.5, 0.6) is 0 Å². The SMILES string of the molecule is Cc1cc(C)c(NC(=O)CN2C(=O)N(Cc3ccccc3)C(=O)C3NN(C)C=C32)c(C)c1. The molecule has 0 aliphatic carbocycles. The average Bonchev–Trinajstić information content (AvgIpc) is 3.13. The Balaban J connectivity index is 1.58. The van der Waals surface area contributed by atoms with E-state index in [1.165, 1.54) is 9.80 Å². The number of imide groups is 1. The first kappa shape index (κ1) is 21.6. The lowest BCUT2D eigenvalue weighted by Crippen LogP contribution is -2.60. The largest absolute Gasteiger partial charge is 0.331 e. The highest BCUT2D eigenvalue weighted by Crippen LogP contribution is 2.27. The second kappa shape index (κ2) is 8.47. The number of amides is 4. The van der Waals surface area contributed by atoms with Gasteiger partial charge >= 0.3 is 6.03 Å². The van der Waals surface area contributed by atoms with Crippen LogP contribution in [0.15, 0.2) is 54.4 Å². The predicted octanol–water partition coefficient (Wildman–Crippen LogP) is 2.67. The van der Waals surface area contributed by atoms with E-state index < -0.39 is 12.1 Å². The van der Waals surface area contributed by atoms with Crippen molar-refractivity contribution in [3.05, 3.63) is 76.6 Å². The standard InChI is InChI=1S/C24H27N5O3/c1-15-10-16(2)21(17(3)11-15)25-20(30)14-28-19-13-27(4)26-22(19)23(31)29(24(28)32)12-18-8-6-5-7-9-18/h5-11,13,22,26H,12,14H2,1-4H3,(H,25,30). The van der Waals surface area contributed by atoms with E-state index in [0.29, 0.717) is 5.70 Å². The third-order valence-corrected chi connectivity index (χ3v) is 5.67. The highest BCUT2D eigenvalue weighted by atomic mass is 16.2. The molecule has 32 heavy (non-hydrogen) atoms. The Hall–Kier alpha value is -3.65. The van der Waals surface area contributed by atoms with Gasteiger partial charge < -0.3 is 10.3 Å². The van der Waals surface area contributed by atoms with Crippen molar-refractivity contribution in [3.8, 4) is 0 Å². The summed E-state index contributed by atoms with van der Waals surface area (Å²) in [6.07, 6.45) is 1.68. The quantitative estimate of drug-likeness (QED) is 0.757. The number of rotatable bonds is 5. The van der Waals surface area contributed by atoms with Gasteiger partial charge in [-0.25, -0.2) is 10.2 Å². The van der Waals surface area contributed by atoms with Gasteiger partial charge in [-0.1, -0.05) is 48.0 Å². The molecule has 0 radical (unpaired) electrons. The van der Waals surface area contributed by atoms with Gasteiger partial charge in [0.25, 0.3) is 5.91 Å². The molecule has 8 nitrogen and oxygen atoms in total. The third-order valence-electron chi connectivity index (χ3n) is 5.67. The summed E-state index contributed by atoms with van der Waals surface area (Å²) in [7, 11) is 1.75. The number of carbonyl (C=O) groups is 3. The second-order valence-electron chi connectivity index (χ2n) is 8.33. The Kier molecular flexibility index (Phi) is 5.71. The molecular formula is C24H27N5O3. The number of nitrogens with zero attached hydrogens (tertiary/aromatic N) is 3. The minimum Gasteiger partial charge on any atom is -0.324 e. The Morgan fingerprint density at radius 2 is 1.69 bits per heavy atom. The second-order valence-corrected chi connectivity index (χ2v) is 8.33. The Bertz CT molecular complexity index is 1090. The van der Waals surface area contributed by atoms with E-state index in [0.717, 1.165) is 27.9 Å². The van der Waals surface area contributed by atoms with Crippen LogP contribution in [-0.4, -0.2) is 52.3 Å². The molecule has 2 heterocycles. The topological polar surface area (TPSA) is 85.0 Å². The van der Waals surface area contributed by atoms with Gasteiger partial charge in [0.1, 0.15) is 12.6 Å². The summed E-state index contributed by atoms with van der Waals surface area (Å²) < 4.78 is 0. The molecule has 2 aromatic carbocycles. The predicted molar refractivity (Wildman–Crippen MR) is 121 cm³/mol. The van der Waals surface area contributed by atoms with Gasteiger partial charge in [0.2, 0.25) is 5.91 Å². The summed E-state index contributed by atoms with van der Waals surface area (Å²) in [5, 5.41) is 4.58. The van der Waals surface area contributed by atoms with Crippen LogP contribution in [0.25, 0.3) is 0 Å². The number of anilines is 1. The van der Waals surface area contributed by atoms with Gasteiger partial charge in [0.15, 0.2) is 0 Å². The highest BCUT2D eigenvalue weighted by Gasteiger charge is 2.46. The summed E-state index contributed by atoms with van der Waals surface area (Å²) >= 11 is 0. The fourth-order valence-electron chi connectivity index (χ4n) is 4.26. The molecule has 2 aromatic rings. The van der Waals surface area contributed by atoms with Crippen molar-refractivity contribution >= 4 is 23.5 Å². The normalized spacial score (nSPS) is 18.1. The lowest BCUT2D eigenvalue weighted by Gasteiger charge is -2.37. The van der Waals surface area contributed by atoms with E-state index >= 15 is 0 Å². The molecule has 1 fully saturated rings. The first-order valence-electron chi connectivity index (χ1n) is 10.5. The number of nitrogens with one attached hydrogen (secondary N) is 2. The molecule has 2 aliphatic heterocycles. The molecule has 0 saturated carbocycles. The van der Waals surface area contributed by atoms with Crippen molar-refractivity contribution in [1.82, 2.24) is 20.2 Å². The van der Waals surface area contributed by atoms with Crippen molar-refractivity contribution in [2.24, 2.45) is 0 Å². The third kappa shape index (κ3) is 4.09. The van der Waals surface area contributed by atoms with E-state index in [4.69, 9.17) is 0 Å². The minimum absolute atomic E-state index is 0.141. The number of hydrogen-bond donors (Lipinski definition) is 2. The highest BCUT2D eigenvalue weighted by molar-refractivity contribution is 6.05. The fraction of sp³-hybridized carbons (Fsp3) is 0.292. The Labute approximate surface area is 187 Å². The van der Waals surface area contributed by atoms with Gasteiger partial charge in [-0.2, -0.15) is 0 Å². The number of carbonyl (C=O) groups excluding carboxylic acids is 3. The number of hydrogen-bond acceptors (Lipinski definition) is 5. The maximum atomic E-state index is 13.3. The van der Waals surface area contributed by atoms with Crippen molar-refractivity contribution in [2.75, 3.05) is 18.9 Å². The number of urea groups is 1. The smallest absolute Gasteiger partial charge is 0.324 e. The van der Waals surface area contributed by atoms with E-state index in [1.54, 1.807) is 18.3 Å². The van der Waals surface area contributed by atoms with Crippen molar-refractivity contribution in [2.45, 2.75) is 33.4 Å². The summed E-state index contributed by atoms with van der Waals surface area (Å²) in [4.78, 5) is 41.9. The fourth-order valence-corrected chi connectivity index (χ4v) is 4.26. The van der Waals surface area contributed by atoms with Crippen LogP contribution < -0.4 is 10.7 Å². The zero-order valence-corrected chi connectivity index (χ0v) is 18.7. The van der Waals surface area contributed by atoms with Crippen molar-refractivity contribution in [3.63, 3.8) is 0 Å². The number of fused-ring (bicyclic) bond motifs is 1. The monoisotopic (exact) mass is 433 g/mol. The molecule has 8 heteroatoms. The van der Waals surface area contributed by atoms with Gasteiger partial charge in [0, 0.05) is 18.9 Å². The number of aryl methyl sites for hydroxylation is 3. The van der Waals surface area contributed by atoms with Gasteiger partial charge in [-0.05, 0) is 37.5 Å². The van der Waals surface area contributed by atoms with E-state index in [2.05, 4.69) is 10.7 Å². The summed E-state index contributed by atoms with van der Waals surface area (Å²) in [6, 6.07) is 12.1. The van der Waals surface area contributed by atoms with Crippen LogP contribution in [0.3, 0.4) is 0 Å². The van der Waals surface area contributed by atoms with Crippen LogP contribution in [-0.2, 0) is 16.1 Å².